The molecule has 0 unspecified atom stereocenters. The summed E-state index contributed by atoms with van der Waals surface area (Å²) in [5.74, 6) is 1.29. The average molecular weight is 286 g/mol. The second-order valence-corrected chi connectivity index (χ2v) is 5.01. The highest BCUT2D eigenvalue weighted by Gasteiger charge is 2.12. The van der Waals surface area contributed by atoms with Crippen LogP contribution in [0.1, 0.15) is 24.6 Å². The van der Waals surface area contributed by atoms with Crippen molar-refractivity contribution in [3.05, 3.63) is 41.6 Å². The maximum Gasteiger partial charge on any atom is 0.229 e. The van der Waals surface area contributed by atoms with Gasteiger partial charge in [0, 0.05) is 30.5 Å². The molecule has 1 heterocycles. The molecule has 0 aliphatic rings. The van der Waals surface area contributed by atoms with Crippen molar-refractivity contribution in [3.8, 4) is 5.88 Å². The molecule has 2 rings (SSSR count). The van der Waals surface area contributed by atoms with Gasteiger partial charge in [0.25, 0.3) is 0 Å². The van der Waals surface area contributed by atoms with E-state index in [2.05, 4.69) is 21.8 Å². The van der Waals surface area contributed by atoms with Gasteiger partial charge in [-0.05, 0) is 31.0 Å². The smallest absolute Gasteiger partial charge is 0.229 e. The van der Waals surface area contributed by atoms with Crippen LogP contribution in [0, 0.1) is 6.92 Å². The molecule has 0 radical (unpaired) electrons. The molecule has 1 aromatic heterocycles. The minimum atomic E-state index is 0.593. The Morgan fingerprint density at radius 1 is 1.19 bits per heavy atom. The van der Waals surface area contributed by atoms with E-state index in [-0.39, 0.29) is 0 Å². The van der Waals surface area contributed by atoms with E-state index < -0.39 is 0 Å². The molecule has 1 aromatic carbocycles. The number of nitrogens with two attached hydrogens (primary N) is 1. The van der Waals surface area contributed by atoms with Gasteiger partial charge >= 0.3 is 0 Å². The Balaban J connectivity index is 2.25. The van der Waals surface area contributed by atoms with Crippen LogP contribution in [0.25, 0.3) is 0 Å². The third-order valence-electron chi connectivity index (χ3n) is 3.16. The molecular formula is C16H22N4O. The number of hydrogen-bond acceptors (Lipinski definition) is 5. The zero-order chi connectivity index (χ0) is 15.2. The fraction of sp³-hybridized carbons (Fsp3) is 0.375. The first-order valence-corrected chi connectivity index (χ1v) is 7.11. The van der Waals surface area contributed by atoms with Crippen molar-refractivity contribution >= 4 is 11.6 Å². The number of hydrogen-bond donors (Lipinski definition) is 1. The zero-order valence-corrected chi connectivity index (χ0v) is 12.8. The average Bonchev–Trinajstić information content (AvgIpc) is 2.48. The molecule has 21 heavy (non-hydrogen) atoms. The SMILES string of the molecule is CCCN(Cc1ccc(N)cc1)c1nc(C)cc(OC)n1. The summed E-state index contributed by atoms with van der Waals surface area (Å²) in [6.45, 7) is 5.72. The molecule has 5 heteroatoms. The summed E-state index contributed by atoms with van der Waals surface area (Å²) >= 11 is 0. The predicted molar refractivity (Wildman–Crippen MR) is 85.5 cm³/mol. The van der Waals surface area contributed by atoms with Gasteiger partial charge in [-0.2, -0.15) is 4.98 Å². The lowest BCUT2D eigenvalue weighted by Crippen LogP contribution is -2.26. The van der Waals surface area contributed by atoms with Crippen molar-refractivity contribution in [1.82, 2.24) is 9.97 Å². The molecule has 0 aliphatic heterocycles. The van der Waals surface area contributed by atoms with Crippen LogP contribution in [-0.2, 0) is 6.54 Å². The van der Waals surface area contributed by atoms with E-state index in [1.807, 2.05) is 37.3 Å². The number of methoxy groups -OCH3 is 1. The van der Waals surface area contributed by atoms with Crippen molar-refractivity contribution < 1.29 is 4.74 Å². The third kappa shape index (κ3) is 4.08. The Kier molecular flexibility index (Phi) is 4.98. The van der Waals surface area contributed by atoms with Crippen molar-refractivity contribution in [2.75, 3.05) is 24.3 Å². The summed E-state index contributed by atoms with van der Waals surface area (Å²) in [6, 6.07) is 9.72. The van der Waals surface area contributed by atoms with E-state index in [0.29, 0.717) is 11.8 Å². The number of ether oxygens (including phenoxy) is 1. The van der Waals surface area contributed by atoms with E-state index in [9.17, 15) is 0 Å². The maximum atomic E-state index is 5.73. The lowest BCUT2D eigenvalue weighted by atomic mass is 10.2. The highest BCUT2D eigenvalue weighted by molar-refractivity contribution is 5.41. The van der Waals surface area contributed by atoms with Gasteiger partial charge in [-0.1, -0.05) is 19.1 Å². The maximum absolute atomic E-state index is 5.73. The summed E-state index contributed by atoms with van der Waals surface area (Å²) in [5, 5.41) is 0. The van der Waals surface area contributed by atoms with Crippen molar-refractivity contribution in [3.63, 3.8) is 0 Å². The highest BCUT2D eigenvalue weighted by atomic mass is 16.5. The second kappa shape index (κ2) is 6.92. The summed E-state index contributed by atoms with van der Waals surface area (Å²) < 4.78 is 5.24. The summed E-state index contributed by atoms with van der Waals surface area (Å²) in [6.07, 6.45) is 1.02. The van der Waals surface area contributed by atoms with Crippen LogP contribution < -0.4 is 15.4 Å². The Hall–Kier alpha value is -2.30. The Bertz CT molecular complexity index is 583. The summed E-state index contributed by atoms with van der Waals surface area (Å²) in [5.41, 5.74) is 8.58. The molecule has 0 spiro atoms. The van der Waals surface area contributed by atoms with Gasteiger partial charge < -0.3 is 15.4 Å². The molecule has 0 bridgehead atoms. The van der Waals surface area contributed by atoms with Gasteiger partial charge in [0.2, 0.25) is 11.8 Å². The fourth-order valence-electron chi connectivity index (χ4n) is 2.13. The van der Waals surface area contributed by atoms with E-state index in [0.717, 1.165) is 30.9 Å². The first kappa shape index (κ1) is 15.1. The predicted octanol–water partition coefficient (Wildman–Crippen LogP) is 2.79. The van der Waals surface area contributed by atoms with E-state index in [1.165, 1.54) is 5.56 Å². The standard InChI is InChI=1S/C16H22N4O/c1-4-9-20(11-13-5-7-14(17)8-6-13)16-18-12(2)10-15(19-16)21-3/h5-8,10H,4,9,11,17H2,1-3H3. The third-order valence-corrected chi connectivity index (χ3v) is 3.16. The van der Waals surface area contributed by atoms with Gasteiger partial charge in [0.15, 0.2) is 0 Å². The topological polar surface area (TPSA) is 64.3 Å². The first-order chi connectivity index (χ1) is 10.1. The number of aryl methyl sites for hydroxylation is 1. The van der Waals surface area contributed by atoms with Crippen LogP contribution in [0.4, 0.5) is 11.6 Å². The normalized spacial score (nSPS) is 10.4. The van der Waals surface area contributed by atoms with Gasteiger partial charge in [0.1, 0.15) is 0 Å². The van der Waals surface area contributed by atoms with Gasteiger partial charge in [-0.15, -0.1) is 0 Å². The molecule has 0 atom stereocenters. The molecule has 2 N–H and O–H groups in total. The van der Waals surface area contributed by atoms with Crippen LogP contribution in [0.5, 0.6) is 5.88 Å². The monoisotopic (exact) mass is 286 g/mol. The van der Waals surface area contributed by atoms with Crippen LogP contribution in [0.15, 0.2) is 30.3 Å². The fourth-order valence-corrected chi connectivity index (χ4v) is 2.13. The highest BCUT2D eigenvalue weighted by Crippen LogP contribution is 2.18. The molecule has 0 saturated carbocycles. The second-order valence-electron chi connectivity index (χ2n) is 5.01. The number of aromatic nitrogens is 2. The summed E-state index contributed by atoms with van der Waals surface area (Å²) in [7, 11) is 1.62. The molecule has 0 aliphatic carbocycles. The van der Waals surface area contributed by atoms with Crippen LogP contribution >= 0.6 is 0 Å². The van der Waals surface area contributed by atoms with E-state index >= 15 is 0 Å². The summed E-state index contributed by atoms with van der Waals surface area (Å²) in [4.78, 5) is 11.1. The molecule has 2 aromatic rings. The van der Waals surface area contributed by atoms with Gasteiger partial charge in [-0.25, -0.2) is 4.98 Å². The number of nitrogen functional groups attached to an aromatic ring is 1. The molecule has 112 valence electrons. The van der Waals surface area contributed by atoms with E-state index in [4.69, 9.17) is 10.5 Å². The van der Waals surface area contributed by atoms with Crippen LogP contribution in [-0.4, -0.2) is 23.6 Å². The van der Waals surface area contributed by atoms with Gasteiger partial charge in [0.05, 0.1) is 7.11 Å². The van der Waals surface area contributed by atoms with Crippen LogP contribution in [0.3, 0.4) is 0 Å². The molecule has 5 nitrogen and oxygen atoms in total. The Labute approximate surface area is 125 Å². The molecule has 0 amide bonds. The van der Waals surface area contributed by atoms with Crippen LogP contribution in [0.2, 0.25) is 0 Å². The van der Waals surface area contributed by atoms with Crippen molar-refractivity contribution in [2.45, 2.75) is 26.8 Å². The number of nitrogens with zero attached hydrogens (tertiary/aromatic N) is 3. The first-order valence-electron chi connectivity index (χ1n) is 7.11. The lowest BCUT2D eigenvalue weighted by Gasteiger charge is -2.23. The molecule has 0 saturated heterocycles. The minimum absolute atomic E-state index is 0.593. The zero-order valence-electron chi connectivity index (χ0n) is 12.8. The molecular weight excluding hydrogens is 264 g/mol. The number of benzene rings is 1. The molecule has 0 fully saturated rings. The quantitative estimate of drug-likeness (QED) is 0.827. The minimum Gasteiger partial charge on any atom is -0.481 e. The van der Waals surface area contributed by atoms with Crippen molar-refractivity contribution in [1.29, 1.82) is 0 Å². The Morgan fingerprint density at radius 2 is 1.90 bits per heavy atom. The lowest BCUT2D eigenvalue weighted by molar-refractivity contribution is 0.396. The van der Waals surface area contributed by atoms with E-state index in [1.54, 1.807) is 7.11 Å². The number of rotatable bonds is 6. The van der Waals surface area contributed by atoms with Gasteiger partial charge in [-0.3, -0.25) is 0 Å². The number of anilines is 2. The Morgan fingerprint density at radius 3 is 2.52 bits per heavy atom. The largest absolute Gasteiger partial charge is 0.481 e. The van der Waals surface area contributed by atoms with Crippen molar-refractivity contribution in [2.24, 2.45) is 0 Å².